The summed E-state index contributed by atoms with van der Waals surface area (Å²) in [6, 6.07) is 11.7. The molecule has 1 atom stereocenters. The summed E-state index contributed by atoms with van der Waals surface area (Å²) in [5.41, 5.74) is 0.999. The van der Waals surface area contributed by atoms with Crippen LogP contribution in [-0.4, -0.2) is 52.7 Å². The lowest BCUT2D eigenvalue weighted by atomic mass is 10.1. The second-order valence-corrected chi connectivity index (χ2v) is 5.59. The number of anilines is 1. The van der Waals surface area contributed by atoms with Gasteiger partial charge in [-0.05, 0) is 18.1 Å². The van der Waals surface area contributed by atoms with E-state index < -0.39 is 0 Å². The van der Waals surface area contributed by atoms with Gasteiger partial charge in [-0.15, -0.1) is 0 Å². The summed E-state index contributed by atoms with van der Waals surface area (Å²) in [5.74, 6) is 0.812. The van der Waals surface area contributed by atoms with E-state index in [0.29, 0.717) is 0 Å². The van der Waals surface area contributed by atoms with Crippen molar-refractivity contribution >= 4 is 5.95 Å². The average Bonchev–Trinajstić information content (AvgIpc) is 2.61. The number of nitrogens with zero attached hydrogens (tertiary/aromatic N) is 4. The highest BCUT2D eigenvalue weighted by atomic mass is 16.3. The minimum absolute atomic E-state index is 0.378. The van der Waals surface area contributed by atoms with E-state index in [2.05, 4.69) is 19.8 Å². The van der Waals surface area contributed by atoms with Crippen molar-refractivity contribution in [2.24, 2.45) is 0 Å². The van der Waals surface area contributed by atoms with Gasteiger partial charge < -0.3 is 10.0 Å². The van der Waals surface area contributed by atoms with Gasteiger partial charge in [-0.1, -0.05) is 30.3 Å². The van der Waals surface area contributed by atoms with Gasteiger partial charge in [0, 0.05) is 45.1 Å². The van der Waals surface area contributed by atoms with Gasteiger partial charge >= 0.3 is 0 Å². The molecule has 1 aromatic heterocycles. The minimum Gasteiger partial charge on any atom is -0.388 e. The fraction of sp³-hybridized carbons (Fsp3) is 0.412. The van der Waals surface area contributed by atoms with Gasteiger partial charge in [-0.3, -0.25) is 4.90 Å². The second-order valence-electron chi connectivity index (χ2n) is 5.59. The molecule has 5 nitrogen and oxygen atoms in total. The molecule has 1 aliphatic heterocycles. The van der Waals surface area contributed by atoms with Crippen molar-refractivity contribution in [3.05, 3.63) is 54.4 Å². The number of hydrogen-bond donors (Lipinski definition) is 1. The first-order chi connectivity index (χ1) is 10.8. The van der Waals surface area contributed by atoms with Crippen LogP contribution in [0.5, 0.6) is 0 Å². The first kappa shape index (κ1) is 14.9. The van der Waals surface area contributed by atoms with E-state index in [1.165, 1.54) is 0 Å². The monoisotopic (exact) mass is 298 g/mol. The minimum atomic E-state index is -0.378. The van der Waals surface area contributed by atoms with Crippen molar-refractivity contribution in [1.29, 1.82) is 0 Å². The van der Waals surface area contributed by atoms with Gasteiger partial charge in [0.25, 0.3) is 0 Å². The molecule has 0 bridgehead atoms. The smallest absolute Gasteiger partial charge is 0.225 e. The van der Waals surface area contributed by atoms with Crippen LogP contribution in [0.3, 0.4) is 0 Å². The predicted octanol–water partition coefficient (Wildman–Crippen LogP) is 1.72. The van der Waals surface area contributed by atoms with Crippen LogP contribution in [0.2, 0.25) is 0 Å². The molecule has 5 heteroatoms. The number of aliphatic hydroxyl groups is 1. The maximum absolute atomic E-state index is 10.2. The Hall–Kier alpha value is -1.98. The Labute approximate surface area is 131 Å². The first-order valence-electron chi connectivity index (χ1n) is 7.80. The normalized spacial score (nSPS) is 17.4. The van der Waals surface area contributed by atoms with Crippen molar-refractivity contribution in [3.63, 3.8) is 0 Å². The Morgan fingerprint density at radius 3 is 2.32 bits per heavy atom. The largest absolute Gasteiger partial charge is 0.388 e. The average molecular weight is 298 g/mol. The van der Waals surface area contributed by atoms with Gasteiger partial charge in [0.1, 0.15) is 0 Å². The Balaban J connectivity index is 1.44. The van der Waals surface area contributed by atoms with E-state index >= 15 is 0 Å². The third-order valence-corrected chi connectivity index (χ3v) is 4.11. The van der Waals surface area contributed by atoms with Gasteiger partial charge in [0.2, 0.25) is 5.95 Å². The molecule has 3 rings (SSSR count). The molecular formula is C17H22N4O. The van der Waals surface area contributed by atoms with E-state index in [1.54, 1.807) is 12.4 Å². The molecule has 22 heavy (non-hydrogen) atoms. The van der Waals surface area contributed by atoms with E-state index in [9.17, 15) is 5.11 Å². The summed E-state index contributed by atoms with van der Waals surface area (Å²) in [5, 5.41) is 10.2. The third kappa shape index (κ3) is 3.81. The van der Waals surface area contributed by atoms with Crippen LogP contribution in [0.1, 0.15) is 18.1 Å². The topological polar surface area (TPSA) is 52.5 Å². The molecule has 2 aromatic rings. The van der Waals surface area contributed by atoms with Gasteiger partial charge in [-0.25, -0.2) is 9.97 Å². The van der Waals surface area contributed by atoms with E-state index in [1.807, 2.05) is 36.4 Å². The molecule has 116 valence electrons. The van der Waals surface area contributed by atoms with E-state index in [-0.39, 0.29) is 6.10 Å². The maximum Gasteiger partial charge on any atom is 0.225 e. The lowest BCUT2D eigenvalue weighted by Crippen LogP contribution is -2.47. The number of rotatable bonds is 5. The van der Waals surface area contributed by atoms with Crippen LogP contribution in [0.15, 0.2) is 48.8 Å². The SMILES string of the molecule is O[C@H](CCN1CCN(c2ncccn2)CC1)c1ccccc1. The maximum atomic E-state index is 10.2. The standard InChI is InChI=1S/C17H22N4O/c22-16(15-5-2-1-3-6-15)7-10-20-11-13-21(14-12-20)17-18-8-4-9-19-17/h1-6,8-9,16,22H,7,10-14H2/t16-/m1/s1. The molecule has 1 aromatic carbocycles. The van der Waals surface area contributed by atoms with Crippen LogP contribution in [0.25, 0.3) is 0 Å². The zero-order valence-corrected chi connectivity index (χ0v) is 12.7. The number of hydrogen-bond acceptors (Lipinski definition) is 5. The van der Waals surface area contributed by atoms with Crippen molar-refractivity contribution in [3.8, 4) is 0 Å². The summed E-state index contributed by atoms with van der Waals surface area (Å²) in [6.45, 7) is 4.76. The number of aromatic nitrogens is 2. The Kier molecular flexibility index (Phi) is 4.98. The molecule has 2 heterocycles. The fourth-order valence-electron chi connectivity index (χ4n) is 2.77. The van der Waals surface area contributed by atoms with E-state index in [4.69, 9.17) is 0 Å². The quantitative estimate of drug-likeness (QED) is 0.911. The van der Waals surface area contributed by atoms with Crippen LogP contribution < -0.4 is 4.90 Å². The van der Waals surface area contributed by atoms with Gasteiger partial charge in [0.15, 0.2) is 0 Å². The molecule has 1 saturated heterocycles. The van der Waals surface area contributed by atoms with Crippen LogP contribution >= 0.6 is 0 Å². The van der Waals surface area contributed by atoms with Crippen LogP contribution in [0, 0.1) is 0 Å². The molecule has 0 amide bonds. The molecule has 1 N–H and O–H groups in total. The molecular weight excluding hydrogens is 276 g/mol. The summed E-state index contributed by atoms with van der Waals surface area (Å²) in [4.78, 5) is 13.2. The summed E-state index contributed by atoms with van der Waals surface area (Å²) < 4.78 is 0. The summed E-state index contributed by atoms with van der Waals surface area (Å²) >= 11 is 0. The lowest BCUT2D eigenvalue weighted by molar-refractivity contribution is 0.139. The Morgan fingerprint density at radius 2 is 1.64 bits per heavy atom. The van der Waals surface area contributed by atoms with Crippen LogP contribution in [0.4, 0.5) is 5.95 Å². The molecule has 0 radical (unpaired) electrons. The predicted molar refractivity (Wildman–Crippen MR) is 86.7 cm³/mol. The zero-order valence-electron chi connectivity index (χ0n) is 12.7. The molecule has 0 spiro atoms. The Morgan fingerprint density at radius 1 is 0.955 bits per heavy atom. The highest BCUT2D eigenvalue weighted by molar-refractivity contribution is 5.29. The number of aliphatic hydroxyl groups excluding tert-OH is 1. The van der Waals surface area contributed by atoms with Crippen molar-refractivity contribution in [2.75, 3.05) is 37.6 Å². The van der Waals surface area contributed by atoms with Crippen molar-refractivity contribution in [1.82, 2.24) is 14.9 Å². The Bertz CT molecular complexity index is 555. The summed E-state index contributed by atoms with van der Waals surface area (Å²) in [7, 11) is 0. The molecule has 0 unspecified atom stereocenters. The number of piperazine rings is 1. The molecule has 1 fully saturated rings. The molecule has 0 saturated carbocycles. The van der Waals surface area contributed by atoms with Gasteiger partial charge in [0.05, 0.1) is 6.10 Å². The summed E-state index contributed by atoms with van der Waals surface area (Å²) in [6.07, 6.45) is 3.96. The van der Waals surface area contributed by atoms with Gasteiger partial charge in [-0.2, -0.15) is 0 Å². The highest BCUT2D eigenvalue weighted by Gasteiger charge is 2.19. The number of benzene rings is 1. The second kappa shape index (κ2) is 7.33. The van der Waals surface area contributed by atoms with Crippen LogP contribution in [-0.2, 0) is 0 Å². The zero-order chi connectivity index (χ0) is 15.2. The fourth-order valence-corrected chi connectivity index (χ4v) is 2.77. The molecule has 0 aliphatic carbocycles. The van der Waals surface area contributed by atoms with Crippen molar-refractivity contribution < 1.29 is 5.11 Å². The highest BCUT2D eigenvalue weighted by Crippen LogP contribution is 2.17. The first-order valence-corrected chi connectivity index (χ1v) is 7.80. The third-order valence-electron chi connectivity index (χ3n) is 4.11. The molecule has 1 aliphatic rings. The van der Waals surface area contributed by atoms with Crippen molar-refractivity contribution in [2.45, 2.75) is 12.5 Å². The van der Waals surface area contributed by atoms with E-state index in [0.717, 1.165) is 50.7 Å². The lowest BCUT2D eigenvalue weighted by Gasteiger charge is -2.35.